The summed E-state index contributed by atoms with van der Waals surface area (Å²) in [5.74, 6) is 6.68. The van der Waals surface area contributed by atoms with Gasteiger partial charge in [0.05, 0.1) is 4.88 Å². The molecule has 0 aliphatic carbocycles. The zero-order chi connectivity index (χ0) is 16.7. The zero-order valence-electron chi connectivity index (χ0n) is 12.4. The van der Waals surface area contributed by atoms with E-state index in [0.717, 1.165) is 10.6 Å². The van der Waals surface area contributed by atoms with Crippen molar-refractivity contribution >= 4 is 39.4 Å². The molecule has 4 aromatic rings. The number of aryl methyl sites for hydroxylation is 1. The molecule has 0 unspecified atom stereocenters. The van der Waals surface area contributed by atoms with E-state index >= 15 is 0 Å². The first-order valence-corrected chi connectivity index (χ1v) is 9.49. The standard InChI is InChI=1S/C13H11N7OS3/c1-2-7-6-9(21)20-11(15-7)23-13(18-20)24-12-17-16-10(19(12)14)8-4-3-5-22-8/h3-6H,2,14H2,1H3. The molecule has 4 aromatic heterocycles. The van der Waals surface area contributed by atoms with Gasteiger partial charge in [0.25, 0.3) is 5.56 Å². The lowest BCUT2D eigenvalue weighted by molar-refractivity contribution is 0.827. The van der Waals surface area contributed by atoms with Crippen LogP contribution < -0.4 is 11.4 Å². The van der Waals surface area contributed by atoms with E-state index < -0.39 is 0 Å². The second-order valence-corrected chi connectivity index (χ2v) is 7.88. The molecule has 0 saturated carbocycles. The first kappa shape index (κ1) is 15.3. The van der Waals surface area contributed by atoms with Gasteiger partial charge in [0, 0.05) is 11.8 Å². The highest BCUT2D eigenvalue weighted by Gasteiger charge is 2.16. The Kier molecular flexibility index (Phi) is 3.82. The Hall–Kier alpha value is -2.24. The topological polar surface area (TPSA) is 104 Å². The van der Waals surface area contributed by atoms with Gasteiger partial charge in [0.1, 0.15) is 0 Å². The van der Waals surface area contributed by atoms with E-state index in [1.54, 1.807) is 0 Å². The molecule has 24 heavy (non-hydrogen) atoms. The summed E-state index contributed by atoms with van der Waals surface area (Å²) < 4.78 is 3.35. The van der Waals surface area contributed by atoms with Crippen LogP contribution in [0.2, 0.25) is 0 Å². The van der Waals surface area contributed by atoms with Crippen LogP contribution in [0.3, 0.4) is 0 Å². The average Bonchev–Trinajstić information content (AvgIpc) is 3.28. The Bertz CT molecular complexity index is 1060. The smallest absolute Gasteiger partial charge is 0.275 e. The number of thiophene rings is 1. The number of nitrogens with zero attached hydrogens (tertiary/aromatic N) is 6. The zero-order valence-corrected chi connectivity index (χ0v) is 14.9. The molecule has 0 aromatic carbocycles. The van der Waals surface area contributed by atoms with Gasteiger partial charge in [0.15, 0.2) is 10.2 Å². The van der Waals surface area contributed by atoms with Crippen molar-refractivity contribution < 1.29 is 0 Å². The predicted molar refractivity (Wildman–Crippen MR) is 94.1 cm³/mol. The highest BCUT2D eigenvalue weighted by molar-refractivity contribution is 8.01. The summed E-state index contributed by atoms with van der Waals surface area (Å²) >= 11 is 4.12. The molecule has 0 spiro atoms. The number of rotatable bonds is 4. The highest BCUT2D eigenvalue weighted by atomic mass is 32.2. The van der Waals surface area contributed by atoms with Gasteiger partial charge in [-0.1, -0.05) is 24.3 Å². The number of hydrogen-bond acceptors (Lipinski definition) is 9. The van der Waals surface area contributed by atoms with E-state index in [1.165, 1.54) is 49.7 Å². The van der Waals surface area contributed by atoms with Gasteiger partial charge < -0.3 is 5.84 Å². The fraction of sp³-hybridized carbons (Fsp3) is 0.154. The summed E-state index contributed by atoms with van der Waals surface area (Å²) in [6.07, 6.45) is 0.702. The van der Waals surface area contributed by atoms with Gasteiger partial charge in [-0.2, -0.15) is 4.52 Å². The third-order valence-corrected chi connectivity index (χ3v) is 6.01. The SMILES string of the molecule is CCc1cc(=O)n2nc(Sc3nnc(-c4cccs4)n3N)sc2n1. The molecule has 4 rings (SSSR count). The largest absolute Gasteiger partial charge is 0.335 e. The van der Waals surface area contributed by atoms with Crippen LogP contribution in [0.5, 0.6) is 0 Å². The lowest BCUT2D eigenvalue weighted by Crippen LogP contribution is -2.15. The molecule has 4 heterocycles. The fourth-order valence-electron chi connectivity index (χ4n) is 2.06. The monoisotopic (exact) mass is 377 g/mol. The van der Waals surface area contributed by atoms with Crippen LogP contribution in [-0.4, -0.2) is 29.5 Å². The van der Waals surface area contributed by atoms with Crippen molar-refractivity contribution in [3.63, 3.8) is 0 Å². The Morgan fingerprint density at radius 2 is 2.25 bits per heavy atom. The van der Waals surface area contributed by atoms with E-state index in [0.29, 0.717) is 26.7 Å². The molecule has 0 fully saturated rings. The minimum Gasteiger partial charge on any atom is -0.335 e. The van der Waals surface area contributed by atoms with Crippen LogP contribution in [0, 0.1) is 0 Å². The molecule has 11 heteroatoms. The molecule has 0 radical (unpaired) electrons. The Morgan fingerprint density at radius 3 is 3.00 bits per heavy atom. The van der Waals surface area contributed by atoms with Crippen LogP contribution in [0.15, 0.2) is 37.9 Å². The van der Waals surface area contributed by atoms with Gasteiger partial charge in [0.2, 0.25) is 10.1 Å². The van der Waals surface area contributed by atoms with Crippen molar-refractivity contribution in [1.29, 1.82) is 0 Å². The van der Waals surface area contributed by atoms with Crippen LogP contribution in [-0.2, 0) is 6.42 Å². The van der Waals surface area contributed by atoms with E-state index in [9.17, 15) is 4.79 Å². The van der Waals surface area contributed by atoms with Crippen molar-refractivity contribution in [2.24, 2.45) is 0 Å². The molecule has 122 valence electrons. The van der Waals surface area contributed by atoms with E-state index in [1.807, 2.05) is 24.4 Å². The molecule has 0 amide bonds. The summed E-state index contributed by atoms with van der Waals surface area (Å²) in [6.45, 7) is 1.96. The number of hydrogen-bond donors (Lipinski definition) is 1. The molecular formula is C13H11N7OS3. The molecule has 0 bridgehead atoms. The maximum absolute atomic E-state index is 12.1. The number of nitrogen functional groups attached to an aromatic ring is 1. The minimum absolute atomic E-state index is 0.187. The van der Waals surface area contributed by atoms with Crippen molar-refractivity contribution in [3.05, 3.63) is 39.6 Å². The van der Waals surface area contributed by atoms with Gasteiger partial charge in [-0.25, -0.2) is 9.66 Å². The predicted octanol–water partition coefficient (Wildman–Crippen LogP) is 1.90. The Labute approximate surface area is 148 Å². The lowest BCUT2D eigenvalue weighted by Gasteiger charge is -1.99. The van der Waals surface area contributed by atoms with Crippen molar-refractivity contribution in [2.45, 2.75) is 22.8 Å². The fourth-order valence-corrected chi connectivity index (χ4v) is 4.58. The maximum atomic E-state index is 12.1. The second-order valence-electron chi connectivity index (χ2n) is 4.76. The summed E-state index contributed by atoms with van der Waals surface area (Å²) in [6, 6.07) is 5.36. The first-order chi connectivity index (χ1) is 11.7. The molecule has 0 saturated heterocycles. The number of aromatic nitrogens is 6. The van der Waals surface area contributed by atoms with Gasteiger partial charge >= 0.3 is 0 Å². The molecule has 2 N–H and O–H groups in total. The first-order valence-electron chi connectivity index (χ1n) is 6.97. The quantitative estimate of drug-likeness (QED) is 0.542. The van der Waals surface area contributed by atoms with Crippen LogP contribution in [0.1, 0.15) is 12.6 Å². The summed E-state index contributed by atoms with van der Waals surface area (Å²) in [4.78, 5) is 18.0. The summed E-state index contributed by atoms with van der Waals surface area (Å²) in [5, 5.41) is 15.0. The number of fused-ring (bicyclic) bond motifs is 1. The summed E-state index contributed by atoms with van der Waals surface area (Å²) in [7, 11) is 0. The minimum atomic E-state index is -0.187. The van der Waals surface area contributed by atoms with Gasteiger partial charge in [-0.05, 0) is 29.6 Å². The normalized spacial score (nSPS) is 11.4. The summed E-state index contributed by atoms with van der Waals surface area (Å²) in [5.41, 5.74) is 0.565. The Morgan fingerprint density at radius 1 is 1.38 bits per heavy atom. The van der Waals surface area contributed by atoms with Crippen LogP contribution in [0.25, 0.3) is 15.7 Å². The van der Waals surface area contributed by atoms with Gasteiger partial charge in [-0.15, -0.1) is 26.6 Å². The maximum Gasteiger partial charge on any atom is 0.275 e. The number of nitrogens with two attached hydrogens (primary N) is 1. The molecule has 0 aliphatic heterocycles. The molecule has 0 aliphatic rings. The second kappa shape index (κ2) is 6.00. The van der Waals surface area contributed by atoms with Gasteiger partial charge in [-0.3, -0.25) is 4.79 Å². The van der Waals surface area contributed by atoms with Crippen molar-refractivity contribution in [3.8, 4) is 10.7 Å². The van der Waals surface area contributed by atoms with Crippen molar-refractivity contribution in [2.75, 3.05) is 5.84 Å². The molecule has 8 nitrogen and oxygen atoms in total. The molecule has 0 atom stereocenters. The van der Waals surface area contributed by atoms with Crippen LogP contribution >= 0.6 is 34.4 Å². The van der Waals surface area contributed by atoms with Crippen LogP contribution in [0.4, 0.5) is 0 Å². The Balaban J connectivity index is 1.70. The van der Waals surface area contributed by atoms with E-state index in [2.05, 4.69) is 20.3 Å². The van der Waals surface area contributed by atoms with E-state index in [-0.39, 0.29) is 5.56 Å². The third kappa shape index (κ3) is 2.60. The average molecular weight is 377 g/mol. The van der Waals surface area contributed by atoms with Crippen molar-refractivity contribution in [1.82, 2.24) is 29.5 Å². The molecular weight excluding hydrogens is 366 g/mol. The third-order valence-electron chi connectivity index (χ3n) is 3.23. The van der Waals surface area contributed by atoms with E-state index in [4.69, 9.17) is 5.84 Å². The highest BCUT2D eigenvalue weighted by Crippen LogP contribution is 2.31. The lowest BCUT2D eigenvalue weighted by atomic mass is 10.3.